The van der Waals surface area contributed by atoms with Crippen LogP contribution in [0.2, 0.25) is 0 Å². The highest BCUT2D eigenvalue weighted by Gasteiger charge is 2.12. The monoisotopic (exact) mass is 247 g/mol. The number of aryl methyl sites for hydroxylation is 3. The molecule has 2 N–H and O–H groups in total. The molecule has 6 nitrogen and oxygen atoms in total. The van der Waals surface area contributed by atoms with Gasteiger partial charge >= 0.3 is 0 Å². The van der Waals surface area contributed by atoms with Crippen LogP contribution in [0.25, 0.3) is 0 Å². The summed E-state index contributed by atoms with van der Waals surface area (Å²) in [6.45, 7) is 4.36. The number of nitrogens with zero attached hydrogens (tertiary/aromatic N) is 3. The maximum absolute atomic E-state index is 11.9. The second kappa shape index (κ2) is 5.03. The van der Waals surface area contributed by atoms with Crippen LogP contribution in [0.5, 0.6) is 0 Å². The lowest BCUT2D eigenvalue weighted by Gasteiger charge is -2.03. The summed E-state index contributed by atoms with van der Waals surface area (Å²) < 4.78 is 1.77. The third-order valence-electron chi connectivity index (χ3n) is 2.84. The van der Waals surface area contributed by atoms with Gasteiger partial charge in [-0.1, -0.05) is 6.92 Å². The zero-order valence-electron chi connectivity index (χ0n) is 10.8. The molecule has 0 saturated carbocycles. The molecular formula is C12H17N5O. The zero-order valence-corrected chi connectivity index (χ0v) is 10.8. The predicted molar refractivity (Wildman–Crippen MR) is 67.1 cm³/mol. The fourth-order valence-corrected chi connectivity index (χ4v) is 1.88. The molecule has 6 heteroatoms. The van der Waals surface area contributed by atoms with Crippen molar-refractivity contribution in [1.82, 2.24) is 25.3 Å². The van der Waals surface area contributed by atoms with E-state index in [1.165, 1.54) is 6.20 Å². The van der Waals surface area contributed by atoms with Gasteiger partial charge in [0.05, 0.1) is 17.5 Å². The Kier molecular flexibility index (Phi) is 3.45. The van der Waals surface area contributed by atoms with Crippen LogP contribution in [0.15, 0.2) is 12.4 Å². The molecule has 0 aromatic carbocycles. The smallest absolute Gasteiger partial charge is 0.255 e. The number of aromatic nitrogens is 4. The van der Waals surface area contributed by atoms with Gasteiger partial charge in [-0.3, -0.25) is 14.6 Å². The third-order valence-corrected chi connectivity index (χ3v) is 2.84. The van der Waals surface area contributed by atoms with Crippen molar-refractivity contribution in [2.45, 2.75) is 26.8 Å². The number of amides is 1. The second-order valence-electron chi connectivity index (χ2n) is 4.22. The van der Waals surface area contributed by atoms with Gasteiger partial charge in [0, 0.05) is 31.0 Å². The third kappa shape index (κ3) is 2.42. The first-order chi connectivity index (χ1) is 8.61. The van der Waals surface area contributed by atoms with Gasteiger partial charge in [-0.2, -0.15) is 10.2 Å². The molecular weight excluding hydrogens is 230 g/mol. The standard InChI is InChI=1S/C12H17N5O/c1-4-11-9(7-17(3)16-11)5-13-12(18)10-6-14-15-8(10)2/h6-7H,4-5H2,1-3H3,(H,13,18)(H,14,15). The number of rotatable bonds is 4. The lowest BCUT2D eigenvalue weighted by Crippen LogP contribution is -2.23. The highest BCUT2D eigenvalue weighted by atomic mass is 16.1. The number of H-pyrrole nitrogens is 1. The molecule has 96 valence electrons. The number of hydrogen-bond acceptors (Lipinski definition) is 3. The fourth-order valence-electron chi connectivity index (χ4n) is 1.88. The average molecular weight is 247 g/mol. The molecule has 2 aromatic rings. The molecule has 0 unspecified atom stereocenters. The number of nitrogens with one attached hydrogen (secondary N) is 2. The Morgan fingerprint density at radius 2 is 2.33 bits per heavy atom. The molecule has 2 aromatic heterocycles. The largest absolute Gasteiger partial charge is 0.348 e. The topological polar surface area (TPSA) is 75.6 Å². The van der Waals surface area contributed by atoms with Gasteiger partial charge in [-0.05, 0) is 13.3 Å². The summed E-state index contributed by atoms with van der Waals surface area (Å²) in [5.74, 6) is -0.118. The fraction of sp³-hybridized carbons (Fsp3) is 0.417. The number of aromatic amines is 1. The summed E-state index contributed by atoms with van der Waals surface area (Å²) in [7, 11) is 1.88. The first kappa shape index (κ1) is 12.3. The van der Waals surface area contributed by atoms with Gasteiger partial charge < -0.3 is 5.32 Å². The quantitative estimate of drug-likeness (QED) is 0.844. The first-order valence-electron chi connectivity index (χ1n) is 5.91. The molecule has 0 aliphatic heterocycles. The van der Waals surface area contributed by atoms with E-state index >= 15 is 0 Å². The minimum atomic E-state index is -0.118. The van der Waals surface area contributed by atoms with E-state index < -0.39 is 0 Å². The molecule has 1 amide bonds. The van der Waals surface area contributed by atoms with Crippen molar-refractivity contribution in [1.29, 1.82) is 0 Å². The Balaban J connectivity index is 2.03. The molecule has 0 aliphatic rings. The Hall–Kier alpha value is -2.11. The van der Waals surface area contributed by atoms with E-state index in [0.717, 1.165) is 23.4 Å². The first-order valence-corrected chi connectivity index (χ1v) is 5.91. The van der Waals surface area contributed by atoms with Gasteiger partial charge in [-0.15, -0.1) is 0 Å². The molecule has 0 fully saturated rings. The van der Waals surface area contributed by atoms with Crippen LogP contribution in [0.4, 0.5) is 0 Å². The van der Waals surface area contributed by atoms with Gasteiger partial charge in [0.2, 0.25) is 0 Å². The minimum Gasteiger partial charge on any atom is -0.348 e. The number of hydrogen-bond donors (Lipinski definition) is 2. The maximum Gasteiger partial charge on any atom is 0.255 e. The van der Waals surface area contributed by atoms with E-state index in [-0.39, 0.29) is 5.91 Å². The molecule has 0 aliphatic carbocycles. The predicted octanol–water partition coefficient (Wildman–Crippen LogP) is 0.944. The van der Waals surface area contributed by atoms with E-state index in [1.54, 1.807) is 4.68 Å². The lowest BCUT2D eigenvalue weighted by atomic mass is 10.2. The molecule has 0 bridgehead atoms. The lowest BCUT2D eigenvalue weighted by molar-refractivity contribution is 0.0950. The number of carbonyl (C=O) groups excluding carboxylic acids is 1. The van der Waals surface area contributed by atoms with Crippen molar-refractivity contribution < 1.29 is 4.79 Å². The van der Waals surface area contributed by atoms with Crippen molar-refractivity contribution in [2.75, 3.05) is 0 Å². The normalized spacial score (nSPS) is 10.6. The van der Waals surface area contributed by atoms with E-state index in [4.69, 9.17) is 0 Å². The average Bonchev–Trinajstić information content (AvgIpc) is 2.92. The Morgan fingerprint density at radius 1 is 1.56 bits per heavy atom. The van der Waals surface area contributed by atoms with Crippen LogP contribution in [0.1, 0.15) is 34.2 Å². The van der Waals surface area contributed by atoms with Gasteiger partial charge in [-0.25, -0.2) is 0 Å². The van der Waals surface area contributed by atoms with Crippen molar-refractivity contribution >= 4 is 5.91 Å². The van der Waals surface area contributed by atoms with E-state index in [2.05, 4.69) is 20.6 Å². The maximum atomic E-state index is 11.9. The summed E-state index contributed by atoms with van der Waals surface area (Å²) in [4.78, 5) is 11.9. The Bertz CT molecular complexity index is 555. The van der Waals surface area contributed by atoms with Gasteiger partial charge in [0.25, 0.3) is 5.91 Å². The Morgan fingerprint density at radius 3 is 2.94 bits per heavy atom. The van der Waals surface area contributed by atoms with Gasteiger partial charge in [0.1, 0.15) is 0 Å². The summed E-state index contributed by atoms with van der Waals surface area (Å²) in [6, 6.07) is 0. The molecule has 0 radical (unpaired) electrons. The summed E-state index contributed by atoms with van der Waals surface area (Å²) >= 11 is 0. The van der Waals surface area contributed by atoms with E-state index in [1.807, 2.05) is 27.1 Å². The molecule has 0 spiro atoms. The molecule has 0 saturated heterocycles. The van der Waals surface area contributed by atoms with E-state index in [0.29, 0.717) is 12.1 Å². The van der Waals surface area contributed by atoms with Crippen molar-refractivity contribution in [3.8, 4) is 0 Å². The molecule has 0 atom stereocenters. The molecule has 18 heavy (non-hydrogen) atoms. The van der Waals surface area contributed by atoms with Crippen molar-refractivity contribution in [2.24, 2.45) is 7.05 Å². The highest BCUT2D eigenvalue weighted by molar-refractivity contribution is 5.94. The van der Waals surface area contributed by atoms with E-state index in [9.17, 15) is 4.79 Å². The second-order valence-corrected chi connectivity index (χ2v) is 4.22. The van der Waals surface area contributed by atoms with Gasteiger partial charge in [0.15, 0.2) is 0 Å². The number of carbonyl (C=O) groups is 1. The highest BCUT2D eigenvalue weighted by Crippen LogP contribution is 2.08. The Labute approximate surface area is 105 Å². The molecule has 2 rings (SSSR count). The van der Waals surface area contributed by atoms with Crippen LogP contribution in [-0.4, -0.2) is 25.9 Å². The van der Waals surface area contributed by atoms with Crippen molar-refractivity contribution in [3.05, 3.63) is 34.9 Å². The van der Waals surface area contributed by atoms with Crippen LogP contribution < -0.4 is 5.32 Å². The summed E-state index contributed by atoms with van der Waals surface area (Å²) in [5, 5.41) is 13.8. The summed E-state index contributed by atoms with van der Waals surface area (Å²) in [5.41, 5.74) is 3.42. The van der Waals surface area contributed by atoms with Crippen molar-refractivity contribution in [3.63, 3.8) is 0 Å². The van der Waals surface area contributed by atoms with Crippen LogP contribution in [-0.2, 0) is 20.0 Å². The molecule has 2 heterocycles. The SMILES string of the molecule is CCc1nn(C)cc1CNC(=O)c1cn[nH]c1C. The zero-order chi connectivity index (χ0) is 13.1. The summed E-state index contributed by atoms with van der Waals surface area (Å²) in [6.07, 6.45) is 4.33. The van der Waals surface area contributed by atoms with Crippen LogP contribution in [0.3, 0.4) is 0 Å². The van der Waals surface area contributed by atoms with Crippen LogP contribution >= 0.6 is 0 Å². The van der Waals surface area contributed by atoms with Crippen LogP contribution in [0, 0.1) is 6.92 Å². The minimum absolute atomic E-state index is 0.118.